The SMILES string of the molecule is CC(C)(C)OC(=O)NC1CCCCCC1C(=O)Nc1ccc2c(c1)OCCO2. The molecule has 0 saturated heterocycles. The van der Waals surface area contributed by atoms with Crippen LogP contribution in [-0.2, 0) is 9.53 Å². The molecule has 2 unspecified atom stereocenters. The Bertz CT molecular complexity index is 713. The van der Waals surface area contributed by atoms with Crippen LogP contribution < -0.4 is 20.1 Å². The molecule has 2 aliphatic rings. The topological polar surface area (TPSA) is 85.9 Å². The van der Waals surface area contributed by atoms with E-state index in [0.717, 1.165) is 32.1 Å². The lowest BCUT2D eigenvalue weighted by Gasteiger charge is -2.27. The molecule has 0 spiro atoms. The van der Waals surface area contributed by atoms with Gasteiger partial charge in [-0.1, -0.05) is 19.3 Å². The minimum atomic E-state index is -0.572. The monoisotopic (exact) mass is 390 g/mol. The molecular weight excluding hydrogens is 360 g/mol. The second kappa shape index (κ2) is 8.71. The number of amides is 2. The molecule has 28 heavy (non-hydrogen) atoms. The van der Waals surface area contributed by atoms with Crippen molar-refractivity contribution in [3.63, 3.8) is 0 Å². The molecule has 1 heterocycles. The Morgan fingerprint density at radius 1 is 1.04 bits per heavy atom. The van der Waals surface area contributed by atoms with E-state index < -0.39 is 11.7 Å². The number of ether oxygens (including phenoxy) is 3. The van der Waals surface area contributed by atoms with Crippen molar-refractivity contribution in [2.24, 2.45) is 5.92 Å². The summed E-state index contributed by atoms with van der Waals surface area (Å²) < 4.78 is 16.5. The predicted molar refractivity (Wildman–Crippen MR) is 106 cm³/mol. The van der Waals surface area contributed by atoms with E-state index >= 15 is 0 Å². The maximum Gasteiger partial charge on any atom is 0.407 e. The molecule has 2 atom stereocenters. The van der Waals surface area contributed by atoms with Crippen molar-refractivity contribution in [1.82, 2.24) is 5.32 Å². The lowest BCUT2D eigenvalue weighted by molar-refractivity contribution is -0.120. The second-order valence-corrected chi connectivity index (χ2v) is 8.34. The van der Waals surface area contributed by atoms with Gasteiger partial charge in [-0.25, -0.2) is 4.79 Å². The summed E-state index contributed by atoms with van der Waals surface area (Å²) in [6.07, 6.45) is 4.02. The molecule has 1 aromatic rings. The molecule has 0 radical (unpaired) electrons. The van der Waals surface area contributed by atoms with Crippen molar-refractivity contribution in [2.75, 3.05) is 18.5 Å². The first-order valence-corrected chi connectivity index (χ1v) is 10.0. The van der Waals surface area contributed by atoms with E-state index in [4.69, 9.17) is 14.2 Å². The van der Waals surface area contributed by atoms with Crippen LogP contribution in [0.4, 0.5) is 10.5 Å². The Morgan fingerprint density at radius 2 is 1.75 bits per heavy atom. The fraction of sp³-hybridized carbons (Fsp3) is 0.619. The number of alkyl carbamates (subject to hydrolysis) is 1. The minimum Gasteiger partial charge on any atom is -0.486 e. The second-order valence-electron chi connectivity index (χ2n) is 8.34. The van der Waals surface area contributed by atoms with Gasteiger partial charge in [-0.15, -0.1) is 0 Å². The third kappa shape index (κ3) is 5.53. The summed E-state index contributed by atoms with van der Waals surface area (Å²) in [5.41, 5.74) is 0.0899. The third-order valence-corrected chi connectivity index (χ3v) is 4.86. The van der Waals surface area contributed by atoms with Gasteiger partial charge in [-0.05, 0) is 45.7 Å². The van der Waals surface area contributed by atoms with E-state index in [0.29, 0.717) is 30.4 Å². The molecule has 1 saturated carbocycles. The minimum absolute atomic E-state index is 0.0976. The zero-order chi connectivity index (χ0) is 20.1. The quantitative estimate of drug-likeness (QED) is 0.765. The molecule has 1 aliphatic heterocycles. The molecule has 1 aliphatic carbocycles. The van der Waals surface area contributed by atoms with Gasteiger partial charge in [0.15, 0.2) is 11.5 Å². The highest BCUT2D eigenvalue weighted by Crippen LogP contribution is 2.33. The van der Waals surface area contributed by atoms with Gasteiger partial charge < -0.3 is 24.8 Å². The number of hydrogen-bond acceptors (Lipinski definition) is 5. The summed E-state index contributed by atoms with van der Waals surface area (Å²) >= 11 is 0. The Hall–Kier alpha value is -2.44. The van der Waals surface area contributed by atoms with Crippen molar-refractivity contribution in [3.8, 4) is 11.5 Å². The van der Waals surface area contributed by atoms with E-state index in [1.165, 1.54) is 0 Å². The van der Waals surface area contributed by atoms with Crippen molar-refractivity contribution in [3.05, 3.63) is 18.2 Å². The zero-order valence-corrected chi connectivity index (χ0v) is 16.9. The Balaban J connectivity index is 1.67. The molecule has 3 rings (SSSR count). The van der Waals surface area contributed by atoms with Crippen LogP contribution in [0.3, 0.4) is 0 Å². The normalized spacial score (nSPS) is 22.0. The lowest BCUT2D eigenvalue weighted by atomic mass is 9.93. The highest BCUT2D eigenvalue weighted by molar-refractivity contribution is 5.93. The molecule has 0 aromatic heterocycles. The van der Waals surface area contributed by atoms with Crippen LogP contribution in [0.15, 0.2) is 18.2 Å². The summed E-state index contributed by atoms with van der Waals surface area (Å²) in [5.74, 6) is 0.916. The van der Waals surface area contributed by atoms with Crippen molar-refractivity contribution >= 4 is 17.7 Å². The lowest BCUT2D eigenvalue weighted by Crippen LogP contribution is -2.46. The molecule has 7 nitrogen and oxygen atoms in total. The van der Waals surface area contributed by atoms with Crippen LogP contribution in [0.1, 0.15) is 52.9 Å². The maximum atomic E-state index is 13.0. The highest BCUT2D eigenvalue weighted by atomic mass is 16.6. The summed E-state index contributed by atoms with van der Waals surface area (Å²) in [4.78, 5) is 25.2. The van der Waals surface area contributed by atoms with Gasteiger partial charge in [-0.3, -0.25) is 4.79 Å². The Morgan fingerprint density at radius 3 is 2.50 bits per heavy atom. The zero-order valence-electron chi connectivity index (χ0n) is 16.9. The number of carbonyl (C=O) groups excluding carboxylic acids is 2. The van der Waals surface area contributed by atoms with Crippen LogP contribution in [0, 0.1) is 5.92 Å². The first kappa shape index (κ1) is 20.3. The van der Waals surface area contributed by atoms with E-state index in [2.05, 4.69) is 10.6 Å². The standard InChI is InChI=1S/C21H30N2O5/c1-21(2,3)28-20(25)23-16-8-6-4-5-7-15(16)19(24)22-14-9-10-17-18(13-14)27-12-11-26-17/h9-10,13,15-16H,4-8,11-12H2,1-3H3,(H,22,24)(H,23,25). The number of hydrogen-bond donors (Lipinski definition) is 2. The molecule has 7 heteroatoms. The molecule has 154 valence electrons. The smallest absolute Gasteiger partial charge is 0.407 e. The van der Waals surface area contributed by atoms with Crippen LogP contribution >= 0.6 is 0 Å². The van der Waals surface area contributed by atoms with Crippen LogP contribution in [0.25, 0.3) is 0 Å². The largest absolute Gasteiger partial charge is 0.486 e. The molecule has 1 fully saturated rings. The number of benzene rings is 1. The number of rotatable bonds is 3. The maximum absolute atomic E-state index is 13.0. The fourth-order valence-electron chi connectivity index (χ4n) is 3.61. The van der Waals surface area contributed by atoms with Gasteiger partial charge in [0.2, 0.25) is 5.91 Å². The number of anilines is 1. The number of fused-ring (bicyclic) bond motifs is 1. The van der Waals surface area contributed by atoms with Gasteiger partial charge in [-0.2, -0.15) is 0 Å². The Labute approximate surface area is 166 Å². The molecule has 2 N–H and O–H groups in total. The van der Waals surface area contributed by atoms with E-state index in [9.17, 15) is 9.59 Å². The molecular formula is C21H30N2O5. The Kier molecular flexibility index (Phi) is 6.31. The van der Waals surface area contributed by atoms with Crippen LogP contribution in [-0.4, -0.2) is 36.9 Å². The number of nitrogens with one attached hydrogen (secondary N) is 2. The first-order chi connectivity index (χ1) is 13.3. The number of carbonyl (C=O) groups is 2. The van der Waals surface area contributed by atoms with Gasteiger partial charge in [0, 0.05) is 17.8 Å². The highest BCUT2D eigenvalue weighted by Gasteiger charge is 2.32. The van der Waals surface area contributed by atoms with Gasteiger partial charge >= 0.3 is 6.09 Å². The van der Waals surface area contributed by atoms with E-state index in [-0.39, 0.29) is 17.9 Å². The van der Waals surface area contributed by atoms with Crippen LogP contribution in [0.2, 0.25) is 0 Å². The summed E-state index contributed by atoms with van der Waals surface area (Å²) in [6.45, 7) is 6.50. The predicted octanol–water partition coefficient (Wildman–Crippen LogP) is 3.87. The molecule has 1 aromatic carbocycles. The van der Waals surface area contributed by atoms with E-state index in [1.807, 2.05) is 20.8 Å². The third-order valence-electron chi connectivity index (χ3n) is 4.86. The summed E-state index contributed by atoms with van der Waals surface area (Å²) in [7, 11) is 0. The van der Waals surface area contributed by atoms with Crippen molar-refractivity contribution in [2.45, 2.75) is 64.5 Å². The van der Waals surface area contributed by atoms with Gasteiger partial charge in [0.05, 0.1) is 5.92 Å². The van der Waals surface area contributed by atoms with E-state index in [1.54, 1.807) is 18.2 Å². The van der Waals surface area contributed by atoms with Gasteiger partial charge in [0.1, 0.15) is 18.8 Å². The van der Waals surface area contributed by atoms with Gasteiger partial charge in [0.25, 0.3) is 0 Å². The fourth-order valence-corrected chi connectivity index (χ4v) is 3.61. The first-order valence-electron chi connectivity index (χ1n) is 10.0. The average Bonchev–Trinajstić information content (AvgIpc) is 2.85. The molecule has 0 bridgehead atoms. The van der Waals surface area contributed by atoms with Crippen molar-refractivity contribution < 1.29 is 23.8 Å². The van der Waals surface area contributed by atoms with Crippen LogP contribution in [0.5, 0.6) is 11.5 Å². The average molecular weight is 390 g/mol. The molecule has 2 amide bonds. The summed E-state index contributed by atoms with van der Waals surface area (Å²) in [6, 6.07) is 5.14. The summed E-state index contributed by atoms with van der Waals surface area (Å²) in [5, 5.41) is 5.89. The van der Waals surface area contributed by atoms with Crippen molar-refractivity contribution in [1.29, 1.82) is 0 Å².